The topological polar surface area (TPSA) is 58.2 Å². The Labute approximate surface area is 171 Å². The maximum Gasteiger partial charge on any atom is 0.287 e. The summed E-state index contributed by atoms with van der Waals surface area (Å²) in [5, 5.41) is 1.67. The van der Waals surface area contributed by atoms with Crippen molar-refractivity contribution in [2.75, 3.05) is 13.1 Å². The van der Waals surface area contributed by atoms with Gasteiger partial charge in [0.15, 0.2) is 6.10 Å². The Kier molecular flexibility index (Phi) is 4.38. The maximum atomic E-state index is 14.6. The van der Waals surface area contributed by atoms with Crippen LogP contribution >= 0.6 is 0 Å². The molecule has 1 unspecified atom stereocenters. The van der Waals surface area contributed by atoms with Gasteiger partial charge in [-0.2, -0.15) is 0 Å². The smallest absolute Gasteiger partial charge is 0.287 e. The van der Waals surface area contributed by atoms with E-state index in [-0.39, 0.29) is 24.9 Å². The van der Waals surface area contributed by atoms with Crippen LogP contribution < -0.4 is 4.74 Å². The zero-order valence-electron chi connectivity index (χ0n) is 16.0. The lowest BCUT2D eigenvalue weighted by molar-refractivity contribution is -0.131. The standard InChI is InChI=1S/C23H19F2N3O2/c24-23(25)11-12-28(22(29)17-13-26-19-8-4-2-6-16(17)19)14-20(23)30-21-10-9-15-5-1-3-7-18(15)27-21/h1-10,13,20,26H,11-12,14H2. The number of rotatable bonds is 3. The lowest BCUT2D eigenvalue weighted by Gasteiger charge is -2.37. The molecule has 5 nitrogen and oxygen atoms in total. The van der Waals surface area contributed by atoms with Gasteiger partial charge in [0.1, 0.15) is 0 Å². The fraction of sp³-hybridized carbons (Fsp3) is 0.217. The number of alkyl halides is 2. The molecule has 0 aliphatic carbocycles. The summed E-state index contributed by atoms with van der Waals surface area (Å²) in [5.74, 6) is -3.22. The van der Waals surface area contributed by atoms with Crippen molar-refractivity contribution in [1.82, 2.24) is 14.9 Å². The largest absolute Gasteiger partial charge is 0.466 e. The average molecular weight is 407 g/mol. The number of aromatic nitrogens is 2. The van der Waals surface area contributed by atoms with Crippen molar-refractivity contribution in [3.8, 4) is 5.88 Å². The zero-order chi connectivity index (χ0) is 20.7. The average Bonchev–Trinajstić information content (AvgIpc) is 3.19. The van der Waals surface area contributed by atoms with E-state index in [0.717, 1.165) is 16.3 Å². The molecule has 4 aromatic rings. The number of piperidine rings is 1. The van der Waals surface area contributed by atoms with Gasteiger partial charge in [-0.25, -0.2) is 13.8 Å². The Morgan fingerprint density at radius 2 is 1.90 bits per heavy atom. The van der Waals surface area contributed by atoms with Crippen molar-refractivity contribution in [2.45, 2.75) is 18.4 Å². The number of ether oxygens (including phenoxy) is 1. The lowest BCUT2D eigenvalue weighted by Crippen LogP contribution is -2.55. The summed E-state index contributed by atoms with van der Waals surface area (Å²) in [4.78, 5) is 21.9. The molecule has 2 aromatic heterocycles. The van der Waals surface area contributed by atoms with Crippen LogP contribution in [0.5, 0.6) is 5.88 Å². The van der Waals surface area contributed by atoms with Gasteiger partial charge >= 0.3 is 0 Å². The number of hydrogen-bond donors (Lipinski definition) is 1. The van der Waals surface area contributed by atoms with E-state index >= 15 is 0 Å². The Hall–Kier alpha value is -3.48. The van der Waals surface area contributed by atoms with Gasteiger partial charge in [-0.1, -0.05) is 36.4 Å². The minimum Gasteiger partial charge on any atom is -0.466 e. The van der Waals surface area contributed by atoms with E-state index in [9.17, 15) is 13.6 Å². The van der Waals surface area contributed by atoms with E-state index in [1.54, 1.807) is 24.4 Å². The lowest BCUT2D eigenvalue weighted by atomic mass is 10.0. The van der Waals surface area contributed by atoms with E-state index in [1.807, 2.05) is 42.5 Å². The summed E-state index contributed by atoms with van der Waals surface area (Å²) >= 11 is 0. The van der Waals surface area contributed by atoms with Gasteiger partial charge in [0.2, 0.25) is 5.88 Å². The number of fused-ring (bicyclic) bond motifs is 2. The molecule has 1 aliphatic rings. The summed E-state index contributed by atoms with van der Waals surface area (Å²) in [5.41, 5.74) is 1.97. The number of aromatic amines is 1. The first-order valence-corrected chi connectivity index (χ1v) is 9.77. The van der Waals surface area contributed by atoms with Crippen LogP contribution in [0.1, 0.15) is 16.8 Å². The molecule has 152 valence electrons. The highest BCUT2D eigenvalue weighted by Gasteiger charge is 2.47. The molecule has 0 saturated carbocycles. The van der Waals surface area contributed by atoms with Gasteiger partial charge in [0.25, 0.3) is 11.8 Å². The Bertz CT molecular complexity index is 1240. The fourth-order valence-electron chi connectivity index (χ4n) is 3.86. The third kappa shape index (κ3) is 3.26. The second-order valence-electron chi connectivity index (χ2n) is 7.46. The molecule has 0 radical (unpaired) electrons. The van der Waals surface area contributed by atoms with Crippen molar-refractivity contribution in [2.24, 2.45) is 0 Å². The van der Waals surface area contributed by atoms with Crippen LogP contribution in [0.15, 0.2) is 66.9 Å². The fourth-order valence-corrected chi connectivity index (χ4v) is 3.86. The van der Waals surface area contributed by atoms with Crippen LogP contribution in [-0.2, 0) is 0 Å². The van der Waals surface area contributed by atoms with Crippen LogP contribution in [-0.4, -0.2) is 45.9 Å². The van der Waals surface area contributed by atoms with Crippen molar-refractivity contribution < 1.29 is 18.3 Å². The third-order valence-corrected chi connectivity index (χ3v) is 5.52. The molecule has 0 bridgehead atoms. The molecule has 1 saturated heterocycles. The maximum absolute atomic E-state index is 14.6. The molecule has 7 heteroatoms. The highest BCUT2D eigenvalue weighted by atomic mass is 19.3. The molecule has 2 aromatic carbocycles. The van der Waals surface area contributed by atoms with E-state index < -0.39 is 18.4 Å². The Balaban J connectivity index is 1.39. The highest BCUT2D eigenvalue weighted by molar-refractivity contribution is 6.06. The number of nitrogens with zero attached hydrogens (tertiary/aromatic N) is 2. The number of para-hydroxylation sites is 2. The molecule has 3 heterocycles. The molecule has 1 amide bonds. The first-order chi connectivity index (χ1) is 14.5. The number of likely N-dealkylation sites (tertiary alicyclic amines) is 1. The second kappa shape index (κ2) is 7.09. The van der Waals surface area contributed by atoms with Crippen molar-refractivity contribution >= 4 is 27.7 Å². The number of H-pyrrole nitrogens is 1. The molecule has 30 heavy (non-hydrogen) atoms. The monoisotopic (exact) mass is 407 g/mol. The van der Waals surface area contributed by atoms with Gasteiger partial charge in [0.05, 0.1) is 17.6 Å². The van der Waals surface area contributed by atoms with Gasteiger partial charge in [-0.15, -0.1) is 0 Å². The molecule has 1 atom stereocenters. The first kappa shape index (κ1) is 18.5. The second-order valence-corrected chi connectivity index (χ2v) is 7.46. The van der Waals surface area contributed by atoms with Gasteiger partial charge < -0.3 is 14.6 Å². The zero-order valence-corrected chi connectivity index (χ0v) is 16.0. The molecular weight excluding hydrogens is 388 g/mol. The van der Waals surface area contributed by atoms with Crippen LogP contribution in [0.2, 0.25) is 0 Å². The number of benzene rings is 2. The molecule has 5 rings (SSSR count). The first-order valence-electron chi connectivity index (χ1n) is 9.77. The third-order valence-electron chi connectivity index (χ3n) is 5.52. The normalized spacial score (nSPS) is 18.6. The van der Waals surface area contributed by atoms with E-state index in [4.69, 9.17) is 4.74 Å². The van der Waals surface area contributed by atoms with Crippen molar-refractivity contribution in [3.05, 3.63) is 72.4 Å². The van der Waals surface area contributed by atoms with Crippen molar-refractivity contribution in [3.63, 3.8) is 0 Å². The number of amides is 1. The number of hydrogen-bond acceptors (Lipinski definition) is 3. The summed E-state index contributed by atoms with van der Waals surface area (Å²) in [6.07, 6.45) is -0.297. The van der Waals surface area contributed by atoms with E-state index in [1.165, 1.54) is 4.90 Å². The summed E-state index contributed by atoms with van der Waals surface area (Å²) in [6, 6.07) is 18.2. The van der Waals surface area contributed by atoms with Crippen LogP contribution in [0, 0.1) is 0 Å². The molecular formula is C23H19F2N3O2. The summed E-state index contributed by atoms with van der Waals surface area (Å²) < 4.78 is 34.8. The minimum absolute atomic E-state index is 0.0314. The predicted octanol–water partition coefficient (Wildman–Crippen LogP) is 4.64. The number of carbonyl (C=O) groups excluding carboxylic acids is 1. The minimum atomic E-state index is -3.05. The summed E-state index contributed by atoms with van der Waals surface area (Å²) in [7, 11) is 0. The van der Waals surface area contributed by atoms with Gasteiger partial charge in [-0.05, 0) is 18.2 Å². The van der Waals surface area contributed by atoms with Crippen LogP contribution in [0.25, 0.3) is 21.8 Å². The van der Waals surface area contributed by atoms with E-state index in [0.29, 0.717) is 11.1 Å². The number of halogens is 2. The summed E-state index contributed by atoms with van der Waals surface area (Å²) in [6.45, 7) is -0.240. The number of pyridine rings is 1. The highest BCUT2D eigenvalue weighted by Crippen LogP contribution is 2.33. The SMILES string of the molecule is O=C(c1c[nH]c2ccccc12)N1CCC(F)(F)C(Oc2ccc3ccccc3n2)C1. The quantitative estimate of drug-likeness (QED) is 0.538. The van der Waals surface area contributed by atoms with Gasteiger partial charge in [0, 0.05) is 41.5 Å². The van der Waals surface area contributed by atoms with Crippen LogP contribution in [0.4, 0.5) is 8.78 Å². The predicted molar refractivity (Wildman–Crippen MR) is 110 cm³/mol. The molecule has 1 aliphatic heterocycles. The van der Waals surface area contributed by atoms with E-state index in [2.05, 4.69) is 9.97 Å². The number of nitrogens with one attached hydrogen (secondary N) is 1. The molecule has 0 spiro atoms. The van der Waals surface area contributed by atoms with Crippen LogP contribution in [0.3, 0.4) is 0 Å². The number of carbonyl (C=O) groups is 1. The van der Waals surface area contributed by atoms with Crippen molar-refractivity contribution in [1.29, 1.82) is 0 Å². The Morgan fingerprint density at radius 1 is 1.10 bits per heavy atom. The molecule has 1 N–H and O–H groups in total. The molecule has 1 fully saturated rings. The van der Waals surface area contributed by atoms with Gasteiger partial charge in [-0.3, -0.25) is 4.79 Å². The Morgan fingerprint density at radius 3 is 2.80 bits per heavy atom.